The van der Waals surface area contributed by atoms with Crippen LogP contribution in [-0.4, -0.2) is 18.8 Å². The second-order valence-corrected chi connectivity index (χ2v) is 5.76. The summed E-state index contributed by atoms with van der Waals surface area (Å²) in [7, 11) is 1.69. The lowest BCUT2D eigenvalue weighted by Crippen LogP contribution is -2.01. The Morgan fingerprint density at radius 2 is 1.90 bits per heavy atom. The number of ether oxygens (including phenoxy) is 1. The van der Waals surface area contributed by atoms with Crippen molar-refractivity contribution in [3.05, 3.63) is 68.7 Å². The number of methoxy groups -OCH3 is 1. The molecule has 0 saturated carbocycles. The lowest BCUT2D eigenvalue weighted by atomic mass is 10.00. The van der Waals surface area contributed by atoms with Gasteiger partial charge in [0, 0.05) is 17.1 Å². The number of hydrogen-bond acceptors (Lipinski definition) is 2. The number of halogens is 2. The molecule has 0 spiro atoms. The van der Waals surface area contributed by atoms with Crippen molar-refractivity contribution in [2.75, 3.05) is 13.7 Å². The van der Waals surface area contributed by atoms with Crippen LogP contribution in [0.3, 0.4) is 0 Å². The third-order valence-electron chi connectivity index (χ3n) is 3.17. The number of aliphatic hydroxyl groups is 1. The van der Waals surface area contributed by atoms with Crippen molar-refractivity contribution in [1.82, 2.24) is 0 Å². The molecule has 0 heterocycles. The Hall–Kier alpha value is -0.870. The molecule has 0 bridgehead atoms. The van der Waals surface area contributed by atoms with E-state index in [1.165, 1.54) is 5.56 Å². The molecule has 2 nitrogen and oxygen atoms in total. The number of benzene rings is 2. The van der Waals surface area contributed by atoms with Crippen molar-refractivity contribution >= 4 is 27.5 Å². The van der Waals surface area contributed by atoms with Crippen LogP contribution in [0, 0.1) is 0 Å². The Balaban J connectivity index is 2.20. The van der Waals surface area contributed by atoms with E-state index in [1.807, 2.05) is 42.5 Å². The van der Waals surface area contributed by atoms with Crippen LogP contribution in [0.2, 0.25) is 5.02 Å². The predicted octanol–water partition coefficient (Wildman–Crippen LogP) is 4.37. The average molecular weight is 356 g/mol. The minimum absolute atomic E-state index is 0.545. The van der Waals surface area contributed by atoms with Gasteiger partial charge in [-0.2, -0.15) is 0 Å². The first-order valence-corrected chi connectivity index (χ1v) is 7.50. The number of aliphatic hydroxyl groups excluding tert-OH is 1. The highest BCUT2D eigenvalue weighted by Crippen LogP contribution is 2.33. The molecule has 2 aromatic carbocycles. The van der Waals surface area contributed by atoms with E-state index < -0.39 is 6.10 Å². The van der Waals surface area contributed by atoms with Crippen molar-refractivity contribution in [3.8, 4) is 0 Å². The molecule has 20 heavy (non-hydrogen) atoms. The predicted molar refractivity (Wildman–Crippen MR) is 85.2 cm³/mol. The molecular weight excluding hydrogens is 340 g/mol. The molecule has 2 aromatic rings. The van der Waals surface area contributed by atoms with Crippen LogP contribution < -0.4 is 0 Å². The van der Waals surface area contributed by atoms with Gasteiger partial charge >= 0.3 is 0 Å². The lowest BCUT2D eigenvalue weighted by Gasteiger charge is -2.14. The van der Waals surface area contributed by atoms with Gasteiger partial charge in [-0.3, -0.25) is 0 Å². The van der Waals surface area contributed by atoms with Crippen LogP contribution in [0.25, 0.3) is 0 Å². The van der Waals surface area contributed by atoms with E-state index in [9.17, 15) is 5.11 Å². The quantitative estimate of drug-likeness (QED) is 0.863. The van der Waals surface area contributed by atoms with Gasteiger partial charge in [-0.25, -0.2) is 0 Å². The summed E-state index contributed by atoms with van der Waals surface area (Å²) in [6, 6.07) is 13.4. The van der Waals surface area contributed by atoms with Gasteiger partial charge in [0.2, 0.25) is 0 Å². The van der Waals surface area contributed by atoms with Crippen LogP contribution in [0.4, 0.5) is 0 Å². The first kappa shape index (κ1) is 15.5. The highest BCUT2D eigenvalue weighted by Gasteiger charge is 2.15. The minimum atomic E-state index is -0.725. The van der Waals surface area contributed by atoms with Crippen molar-refractivity contribution < 1.29 is 9.84 Å². The summed E-state index contributed by atoms with van der Waals surface area (Å²) >= 11 is 9.58. The molecule has 0 aliphatic heterocycles. The van der Waals surface area contributed by atoms with Gasteiger partial charge in [-0.05, 0) is 39.5 Å². The summed E-state index contributed by atoms with van der Waals surface area (Å²) in [5.74, 6) is 0. The molecule has 4 heteroatoms. The zero-order valence-electron chi connectivity index (χ0n) is 11.1. The molecule has 106 valence electrons. The first-order chi connectivity index (χ1) is 9.63. The SMILES string of the molecule is COCCc1ccc(C(O)c2cccc(Br)c2Cl)cc1. The molecule has 0 radical (unpaired) electrons. The van der Waals surface area contributed by atoms with Gasteiger partial charge in [0.1, 0.15) is 6.10 Å². The van der Waals surface area contributed by atoms with Crippen molar-refractivity contribution in [3.63, 3.8) is 0 Å². The third kappa shape index (κ3) is 3.61. The van der Waals surface area contributed by atoms with Crippen LogP contribution in [-0.2, 0) is 11.2 Å². The van der Waals surface area contributed by atoms with Crippen LogP contribution in [0.1, 0.15) is 22.8 Å². The summed E-state index contributed by atoms with van der Waals surface area (Å²) in [6.45, 7) is 0.694. The van der Waals surface area contributed by atoms with Gasteiger partial charge in [-0.15, -0.1) is 0 Å². The molecule has 0 aliphatic rings. The summed E-state index contributed by atoms with van der Waals surface area (Å²) < 4.78 is 5.83. The Bertz CT molecular complexity index is 569. The van der Waals surface area contributed by atoms with Gasteiger partial charge in [0.05, 0.1) is 11.6 Å². The third-order valence-corrected chi connectivity index (χ3v) is 4.48. The van der Waals surface area contributed by atoms with Crippen molar-refractivity contribution in [2.24, 2.45) is 0 Å². The van der Waals surface area contributed by atoms with E-state index in [4.69, 9.17) is 16.3 Å². The van der Waals surface area contributed by atoms with Crippen LogP contribution in [0.15, 0.2) is 46.9 Å². The zero-order chi connectivity index (χ0) is 14.5. The normalized spacial score (nSPS) is 12.4. The summed E-state index contributed by atoms with van der Waals surface area (Å²) in [5, 5.41) is 11.0. The van der Waals surface area contributed by atoms with Gasteiger partial charge in [0.15, 0.2) is 0 Å². The van der Waals surface area contributed by atoms with E-state index >= 15 is 0 Å². The molecule has 0 fully saturated rings. The maximum absolute atomic E-state index is 10.4. The Morgan fingerprint density at radius 1 is 1.20 bits per heavy atom. The maximum atomic E-state index is 10.4. The van der Waals surface area contributed by atoms with Crippen LogP contribution in [0.5, 0.6) is 0 Å². The molecule has 0 amide bonds. The zero-order valence-corrected chi connectivity index (χ0v) is 13.5. The molecule has 2 rings (SSSR count). The summed E-state index contributed by atoms with van der Waals surface area (Å²) in [4.78, 5) is 0. The molecule has 1 N–H and O–H groups in total. The molecule has 1 atom stereocenters. The number of rotatable bonds is 5. The molecule has 0 saturated heterocycles. The van der Waals surface area contributed by atoms with Crippen molar-refractivity contribution in [2.45, 2.75) is 12.5 Å². The Labute approximate surface area is 132 Å². The highest BCUT2D eigenvalue weighted by atomic mass is 79.9. The average Bonchev–Trinajstić information content (AvgIpc) is 2.48. The highest BCUT2D eigenvalue weighted by molar-refractivity contribution is 9.10. The fraction of sp³-hybridized carbons (Fsp3) is 0.250. The molecular formula is C16H16BrClO2. The fourth-order valence-corrected chi connectivity index (χ4v) is 2.61. The fourth-order valence-electron chi connectivity index (χ4n) is 2.00. The van der Waals surface area contributed by atoms with Gasteiger partial charge < -0.3 is 9.84 Å². The first-order valence-electron chi connectivity index (χ1n) is 6.33. The minimum Gasteiger partial charge on any atom is -0.384 e. The molecule has 0 aromatic heterocycles. The van der Waals surface area contributed by atoms with Gasteiger partial charge in [0.25, 0.3) is 0 Å². The van der Waals surface area contributed by atoms with E-state index in [-0.39, 0.29) is 0 Å². The van der Waals surface area contributed by atoms with E-state index in [0.717, 1.165) is 16.5 Å². The van der Waals surface area contributed by atoms with Gasteiger partial charge in [-0.1, -0.05) is 48.0 Å². The lowest BCUT2D eigenvalue weighted by molar-refractivity contribution is 0.202. The largest absolute Gasteiger partial charge is 0.384 e. The standard InChI is InChI=1S/C16H16BrClO2/c1-20-10-9-11-5-7-12(8-6-11)16(19)13-3-2-4-14(17)15(13)18/h2-8,16,19H,9-10H2,1H3. The Kier molecular flexibility index (Phi) is 5.61. The van der Waals surface area contributed by atoms with Crippen molar-refractivity contribution in [1.29, 1.82) is 0 Å². The second kappa shape index (κ2) is 7.23. The van der Waals surface area contributed by atoms with E-state index in [2.05, 4.69) is 15.9 Å². The summed E-state index contributed by atoms with van der Waals surface area (Å²) in [6.07, 6.45) is 0.140. The molecule has 0 aliphatic carbocycles. The number of hydrogen-bond donors (Lipinski definition) is 1. The maximum Gasteiger partial charge on any atom is 0.106 e. The topological polar surface area (TPSA) is 29.5 Å². The summed E-state index contributed by atoms with van der Waals surface area (Å²) in [5.41, 5.74) is 2.71. The van der Waals surface area contributed by atoms with E-state index in [0.29, 0.717) is 17.2 Å². The molecule has 1 unspecified atom stereocenters. The Morgan fingerprint density at radius 3 is 2.55 bits per heavy atom. The van der Waals surface area contributed by atoms with Crippen LogP contribution >= 0.6 is 27.5 Å². The van der Waals surface area contributed by atoms with E-state index in [1.54, 1.807) is 7.11 Å². The second-order valence-electron chi connectivity index (χ2n) is 4.53. The smallest absolute Gasteiger partial charge is 0.106 e. The monoisotopic (exact) mass is 354 g/mol.